The first-order valence-corrected chi connectivity index (χ1v) is 13.6. The summed E-state index contributed by atoms with van der Waals surface area (Å²) in [6.45, 7) is 0. The van der Waals surface area contributed by atoms with Crippen molar-refractivity contribution in [2.24, 2.45) is 0 Å². The molecule has 1 saturated carbocycles. The molecule has 0 amide bonds. The number of allylic oxidation sites excluding steroid dienone is 4. The van der Waals surface area contributed by atoms with Gasteiger partial charge in [0.2, 0.25) is 0 Å². The molecule has 138 valence electrons. The first-order valence-electron chi connectivity index (χ1n) is 9.69. The molecule has 0 saturated heterocycles. The van der Waals surface area contributed by atoms with Crippen molar-refractivity contribution in [1.29, 1.82) is 0 Å². The monoisotopic (exact) mass is 472 g/mol. The van der Waals surface area contributed by atoms with Crippen LogP contribution >= 0.6 is 0 Å². The Hall–Kier alpha value is -0.747. The number of halogens is 2. The standard InChI is InChI=1S/C13H9.C6H10.C5H5.2ClH.Zr/c1-3-7-12-10(5-1)9-11-6-2-4-8-13(11)12;1-2-4-6-5-3-1;1-2-4-5-3-1;;;/h1-5,7-8H,9H2;1-5H2;1-5H;2*1H;/q;;;;;+2/p-2. The molecule has 3 heteroatoms. The Morgan fingerprint density at radius 3 is 2.22 bits per heavy atom. The van der Waals surface area contributed by atoms with Crippen LogP contribution in [0.2, 0.25) is 3.63 Å². The van der Waals surface area contributed by atoms with E-state index in [-0.39, 0.29) is 24.8 Å². The van der Waals surface area contributed by atoms with E-state index < -0.39 is 21.3 Å². The van der Waals surface area contributed by atoms with E-state index in [4.69, 9.17) is 0 Å². The van der Waals surface area contributed by atoms with Crippen LogP contribution in [0.5, 0.6) is 0 Å². The van der Waals surface area contributed by atoms with E-state index in [0.29, 0.717) is 0 Å². The maximum atomic E-state index is 2.50. The van der Waals surface area contributed by atoms with E-state index in [2.05, 4.69) is 66.8 Å². The quantitative estimate of drug-likeness (QED) is 0.473. The van der Waals surface area contributed by atoms with E-state index in [1.54, 1.807) is 8.83 Å². The molecule has 0 radical (unpaired) electrons. The van der Waals surface area contributed by atoms with Crippen LogP contribution in [0.25, 0.3) is 11.1 Å². The zero-order valence-electron chi connectivity index (χ0n) is 15.4. The van der Waals surface area contributed by atoms with Gasteiger partial charge in [0.1, 0.15) is 0 Å². The molecule has 0 aromatic heterocycles. The molecule has 3 aliphatic rings. The van der Waals surface area contributed by atoms with Gasteiger partial charge in [-0.15, -0.1) is 0 Å². The minimum absolute atomic E-state index is 0. The van der Waals surface area contributed by atoms with Gasteiger partial charge < -0.3 is 24.8 Å². The molecule has 0 spiro atoms. The summed E-state index contributed by atoms with van der Waals surface area (Å²) in [7, 11) is 0. The Kier molecular flexibility index (Phi) is 7.12. The number of hydrogen-bond donors (Lipinski definition) is 0. The third-order valence-corrected chi connectivity index (χ3v) is 14.3. The second-order valence-corrected chi connectivity index (χ2v) is 14.3. The van der Waals surface area contributed by atoms with Gasteiger partial charge in [0.05, 0.1) is 0 Å². The van der Waals surface area contributed by atoms with E-state index >= 15 is 0 Å². The Labute approximate surface area is 182 Å². The van der Waals surface area contributed by atoms with Gasteiger partial charge in [-0.05, 0) is 0 Å². The molecule has 2 aromatic carbocycles. The van der Waals surface area contributed by atoms with Crippen molar-refractivity contribution in [3.8, 4) is 11.1 Å². The molecule has 5 rings (SSSR count). The van der Waals surface area contributed by atoms with Gasteiger partial charge in [-0.25, -0.2) is 0 Å². The van der Waals surface area contributed by atoms with E-state index in [1.807, 2.05) is 3.21 Å². The van der Waals surface area contributed by atoms with Gasteiger partial charge in [0.25, 0.3) is 0 Å². The van der Waals surface area contributed by atoms with Gasteiger partial charge in [-0.2, -0.15) is 0 Å². The van der Waals surface area contributed by atoms with Gasteiger partial charge >= 0.3 is 159 Å². The Morgan fingerprint density at radius 2 is 1.44 bits per heavy atom. The maximum Gasteiger partial charge on any atom is -1.00 e. The fourth-order valence-electron chi connectivity index (χ4n) is 4.89. The molecular weight excluding hydrogens is 450 g/mol. The number of benzene rings is 2. The molecule has 0 bridgehead atoms. The Morgan fingerprint density at radius 1 is 0.741 bits per heavy atom. The summed E-state index contributed by atoms with van der Waals surface area (Å²) in [5.41, 5.74) is 6.20. The van der Waals surface area contributed by atoms with Crippen LogP contribution in [-0.4, -0.2) is 3.21 Å². The smallest absolute Gasteiger partial charge is 1.00 e. The van der Waals surface area contributed by atoms with Gasteiger partial charge in [0, 0.05) is 0 Å². The predicted octanol–water partition coefficient (Wildman–Crippen LogP) is -0.440. The first-order chi connectivity index (χ1) is 12.4. The van der Waals surface area contributed by atoms with Crippen LogP contribution in [0.15, 0.2) is 66.8 Å². The molecule has 27 heavy (non-hydrogen) atoms. The predicted molar refractivity (Wildman–Crippen MR) is 104 cm³/mol. The third-order valence-electron chi connectivity index (χ3n) is 6.06. The van der Waals surface area contributed by atoms with E-state index in [0.717, 1.165) is 10.0 Å². The summed E-state index contributed by atoms with van der Waals surface area (Å²) in [6, 6.07) is 16.2. The largest absolute Gasteiger partial charge is 1.00 e. The van der Waals surface area contributed by atoms with E-state index in [9.17, 15) is 0 Å². The zero-order valence-corrected chi connectivity index (χ0v) is 19.4. The summed E-state index contributed by atoms with van der Waals surface area (Å²) in [4.78, 5) is 0. The summed E-state index contributed by atoms with van der Waals surface area (Å²) in [5, 5.41) is 0. The van der Waals surface area contributed by atoms with Gasteiger partial charge in [-0.1, -0.05) is 0 Å². The molecule has 0 heterocycles. The van der Waals surface area contributed by atoms with Crippen molar-refractivity contribution in [3.63, 3.8) is 0 Å². The van der Waals surface area contributed by atoms with Crippen molar-refractivity contribution in [2.45, 2.75) is 42.2 Å². The minimum atomic E-state index is -1.88. The molecule has 0 atom stereocenters. The SMILES string of the molecule is C1=C[CH]([Zr+2](=[C]2CCCCC2)[c]2cccc3c2Cc2ccccc2-3)C=C1.[Cl-].[Cl-]. The van der Waals surface area contributed by atoms with Crippen molar-refractivity contribution in [2.75, 3.05) is 0 Å². The van der Waals surface area contributed by atoms with Gasteiger partial charge in [0.15, 0.2) is 0 Å². The molecular formula is C24H24Cl2Zr. The Balaban J connectivity index is 0.00000105. The second-order valence-electron chi connectivity index (χ2n) is 7.54. The van der Waals surface area contributed by atoms with Crippen LogP contribution in [0.1, 0.15) is 43.2 Å². The molecule has 0 N–H and O–H groups in total. The topological polar surface area (TPSA) is 0 Å². The zero-order chi connectivity index (χ0) is 16.6. The molecule has 0 nitrogen and oxygen atoms in total. The number of hydrogen-bond acceptors (Lipinski definition) is 0. The average molecular weight is 475 g/mol. The summed E-state index contributed by atoms with van der Waals surface area (Å²) < 4.78 is 4.51. The van der Waals surface area contributed by atoms with E-state index in [1.165, 1.54) is 48.8 Å². The second kappa shape index (κ2) is 9.17. The van der Waals surface area contributed by atoms with Crippen LogP contribution in [0.4, 0.5) is 0 Å². The molecule has 2 aromatic rings. The van der Waals surface area contributed by atoms with Crippen LogP contribution in [0, 0.1) is 0 Å². The summed E-state index contributed by atoms with van der Waals surface area (Å²) in [5.74, 6) is 0. The molecule has 1 fully saturated rings. The number of rotatable bonds is 2. The Bertz CT molecular complexity index is 904. The molecule has 0 aliphatic heterocycles. The molecule has 3 aliphatic carbocycles. The normalized spacial score (nSPS) is 16.8. The summed E-state index contributed by atoms with van der Waals surface area (Å²) in [6.07, 6.45) is 17.8. The minimum Gasteiger partial charge on any atom is -1.00 e. The fourth-order valence-corrected chi connectivity index (χ4v) is 13.6. The average Bonchev–Trinajstić information content (AvgIpc) is 3.31. The molecule has 0 unspecified atom stereocenters. The van der Waals surface area contributed by atoms with Crippen molar-refractivity contribution in [3.05, 3.63) is 77.9 Å². The third kappa shape index (κ3) is 3.89. The van der Waals surface area contributed by atoms with Crippen molar-refractivity contribution < 1.29 is 46.1 Å². The van der Waals surface area contributed by atoms with Crippen LogP contribution in [-0.2, 0) is 27.7 Å². The fraction of sp³-hybridized carbons (Fsp3) is 0.292. The maximum absolute atomic E-state index is 2.50. The van der Waals surface area contributed by atoms with Crippen molar-refractivity contribution in [1.82, 2.24) is 0 Å². The van der Waals surface area contributed by atoms with Crippen LogP contribution < -0.4 is 28.1 Å². The first kappa shape index (κ1) is 21.0. The van der Waals surface area contributed by atoms with Crippen molar-refractivity contribution >= 4 is 6.48 Å². The van der Waals surface area contributed by atoms with Crippen LogP contribution in [0.3, 0.4) is 0 Å². The summed E-state index contributed by atoms with van der Waals surface area (Å²) >= 11 is -1.88. The number of fused-ring (bicyclic) bond motifs is 3. The van der Waals surface area contributed by atoms with Gasteiger partial charge in [-0.3, -0.25) is 0 Å².